The van der Waals surface area contributed by atoms with E-state index in [1.807, 2.05) is 6.07 Å². The summed E-state index contributed by atoms with van der Waals surface area (Å²) in [6, 6.07) is 5.31. The number of nitrogens with one attached hydrogen (secondary N) is 2. The zero-order valence-electron chi connectivity index (χ0n) is 10.2. The molecule has 0 unspecified atom stereocenters. The van der Waals surface area contributed by atoms with Crippen molar-refractivity contribution >= 4 is 17.6 Å². The molecule has 0 aliphatic rings. The minimum Gasteiger partial charge on any atom is -0.461 e. The molecule has 1 rings (SSSR count). The van der Waals surface area contributed by atoms with Gasteiger partial charge < -0.3 is 15.4 Å². The number of hydrogen-bond acceptors (Lipinski definition) is 4. The van der Waals surface area contributed by atoms with Crippen molar-refractivity contribution in [3.63, 3.8) is 0 Å². The van der Waals surface area contributed by atoms with Crippen LogP contribution < -0.4 is 10.6 Å². The Morgan fingerprint density at radius 2 is 2.00 bits per heavy atom. The van der Waals surface area contributed by atoms with Gasteiger partial charge in [0.25, 0.3) is 5.91 Å². The van der Waals surface area contributed by atoms with E-state index in [-0.39, 0.29) is 18.5 Å². The topological polar surface area (TPSA) is 67.4 Å². The second-order valence-electron chi connectivity index (χ2n) is 3.48. The second kappa shape index (κ2) is 5.89. The molecule has 0 fully saturated rings. The van der Waals surface area contributed by atoms with Gasteiger partial charge in [-0.15, -0.1) is 0 Å². The minimum absolute atomic E-state index is 0.0993. The molecule has 0 aliphatic carbocycles. The maximum Gasteiger partial charge on any atom is 0.302 e. The van der Waals surface area contributed by atoms with E-state index in [4.69, 9.17) is 4.74 Å². The van der Waals surface area contributed by atoms with Gasteiger partial charge in [-0.25, -0.2) is 0 Å². The molecule has 5 heteroatoms. The normalized spacial score (nSPS) is 9.59. The Hall–Kier alpha value is -2.04. The molecule has 1 amide bonds. The number of carbonyl (C=O) groups excluding carboxylic acids is 2. The molecule has 1 aromatic carbocycles. The summed E-state index contributed by atoms with van der Waals surface area (Å²) in [4.78, 5) is 22.4. The zero-order valence-corrected chi connectivity index (χ0v) is 10.2. The quantitative estimate of drug-likeness (QED) is 0.770. The highest BCUT2D eigenvalue weighted by Crippen LogP contribution is 2.16. The van der Waals surface area contributed by atoms with Gasteiger partial charge >= 0.3 is 5.97 Å². The lowest BCUT2D eigenvalue weighted by atomic mass is 10.1. The summed E-state index contributed by atoms with van der Waals surface area (Å²) < 4.78 is 4.90. The zero-order chi connectivity index (χ0) is 12.8. The Morgan fingerprint density at radius 1 is 1.29 bits per heavy atom. The van der Waals surface area contributed by atoms with Crippen LogP contribution >= 0.6 is 0 Å². The summed E-state index contributed by atoms with van der Waals surface area (Å²) in [5.74, 6) is -0.574. The van der Waals surface area contributed by atoms with Gasteiger partial charge in [-0.1, -0.05) is 6.07 Å². The first-order valence-electron chi connectivity index (χ1n) is 5.24. The molecule has 2 N–H and O–H groups in total. The standard InChI is InChI=1S/C12H16N2O3/c1-8(15)17-7-9-4-5-10(13-2)6-11(9)12(16)14-3/h4-6,13H,7H2,1-3H3,(H,14,16). The van der Waals surface area contributed by atoms with Crippen LogP contribution in [0.2, 0.25) is 0 Å². The van der Waals surface area contributed by atoms with E-state index < -0.39 is 0 Å². The van der Waals surface area contributed by atoms with E-state index in [0.717, 1.165) is 5.69 Å². The van der Waals surface area contributed by atoms with Crippen LogP contribution in [0.25, 0.3) is 0 Å². The Bertz CT molecular complexity index is 430. The number of anilines is 1. The smallest absolute Gasteiger partial charge is 0.302 e. The van der Waals surface area contributed by atoms with E-state index in [1.165, 1.54) is 6.92 Å². The van der Waals surface area contributed by atoms with Crippen LogP contribution in [0.15, 0.2) is 18.2 Å². The molecule has 92 valence electrons. The molecule has 5 nitrogen and oxygen atoms in total. The monoisotopic (exact) mass is 236 g/mol. The van der Waals surface area contributed by atoms with Crippen molar-refractivity contribution in [1.82, 2.24) is 5.32 Å². The van der Waals surface area contributed by atoms with Gasteiger partial charge in [-0.2, -0.15) is 0 Å². The van der Waals surface area contributed by atoms with Crippen molar-refractivity contribution in [1.29, 1.82) is 0 Å². The molecule has 0 saturated carbocycles. The van der Waals surface area contributed by atoms with Crippen LogP contribution in [0.3, 0.4) is 0 Å². The van der Waals surface area contributed by atoms with Crippen LogP contribution in [0.4, 0.5) is 5.69 Å². The first kappa shape index (κ1) is 13.0. The van der Waals surface area contributed by atoms with E-state index in [9.17, 15) is 9.59 Å². The van der Waals surface area contributed by atoms with Gasteiger partial charge in [0.05, 0.1) is 0 Å². The van der Waals surface area contributed by atoms with Crippen LogP contribution in [0.1, 0.15) is 22.8 Å². The van der Waals surface area contributed by atoms with Crippen molar-refractivity contribution in [2.24, 2.45) is 0 Å². The predicted molar refractivity (Wildman–Crippen MR) is 64.8 cm³/mol. The van der Waals surface area contributed by atoms with Crippen LogP contribution in [0, 0.1) is 0 Å². The van der Waals surface area contributed by atoms with Crippen LogP contribution in [-0.4, -0.2) is 26.0 Å². The molecule has 0 atom stereocenters. The largest absolute Gasteiger partial charge is 0.461 e. The summed E-state index contributed by atoms with van der Waals surface area (Å²) in [6.07, 6.45) is 0. The molecule has 0 aliphatic heterocycles. The van der Waals surface area contributed by atoms with Crippen molar-refractivity contribution < 1.29 is 14.3 Å². The molecule has 0 spiro atoms. The van der Waals surface area contributed by atoms with Gasteiger partial charge in [-0.05, 0) is 12.1 Å². The van der Waals surface area contributed by atoms with Crippen molar-refractivity contribution in [3.8, 4) is 0 Å². The van der Waals surface area contributed by atoms with E-state index in [1.54, 1.807) is 26.2 Å². The summed E-state index contributed by atoms with van der Waals surface area (Å²) in [6.45, 7) is 1.43. The van der Waals surface area contributed by atoms with Gasteiger partial charge in [0.1, 0.15) is 6.61 Å². The third kappa shape index (κ3) is 3.48. The highest BCUT2D eigenvalue weighted by Gasteiger charge is 2.11. The lowest BCUT2D eigenvalue weighted by Gasteiger charge is -2.10. The SMILES string of the molecule is CNC(=O)c1cc(NC)ccc1COC(C)=O. The van der Waals surface area contributed by atoms with E-state index in [2.05, 4.69) is 10.6 Å². The lowest BCUT2D eigenvalue weighted by molar-refractivity contribution is -0.142. The molecule has 0 radical (unpaired) electrons. The number of esters is 1. The van der Waals surface area contributed by atoms with Crippen LogP contribution in [0.5, 0.6) is 0 Å². The number of hydrogen-bond donors (Lipinski definition) is 2. The minimum atomic E-state index is -0.370. The molecule has 1 aromatic rings. The lowest BCUT2D eigenvalue weighted by Crippen LogP contribution is -2.20. The average molecular weight is 236 g/mol. The Labute approximate surface area is 100 Å². The number of carbonyl (C=O) groups is 2. The number of ether oxygens (including phenoxy) is 1. The van der Waals surface area contributed by atoms with E-state index >= 15 is 0 Å². The van der Waals surface area contributed by atoms with Crippen LogP contribution in [-0.2, 0) is 16.1 Å². The molecule has 17 heavy (non-hydrogen) atoms. The number of rotatable bonds is 4. The summed E-state index contributed by atoms with van der Waals surface area (Å²) in [7, 11) is 3.33. The fourth-order valence-electron chi connectivity index (χ4n) is 1.38. The predicted octanol–water partition coefficient (Wildman–Crippen LogP) is 1.15. The van der Waals surface area contributed by atoms with Gasteiger partial charge in [-0.3, -0.25) is 9.59 Å². The second-order valence-corrected chi connectivity index (χ2v) is 3.48. The first-order valence-corrected chi connectivity index (χ1v) is 5.24. The third-order valence-corrected chi connectivity index (χ3v) is 2.30. The fourth-order valence-corrected chi connectivity index (χ4v) is 1.38. The summed E-state index contributed by atoms with van der Waals surface area (Å²) in [5, 5.41) is 5.50. The molecular formula is C12H16N2O3. The molecule has 0 aromatic heterocycles. The molecule has 0 saturated heterocycles. The maximum absolute atomic E-state index is 11.7. The Kier molecular flexibility index (Phi) is 4.51. The van der Waals surface area contributed by atoms with Crippen molar-refractivity contribution in [3.05, 3.63) is 29.3 Å². The molecular weight excluding hydrogens is 220 g/mol. The van der Waals surface area contributed by atoms with Gasteiger partial charge in [0.15, 0.2) is 0 Å². The number of benzene rings is 1. The Morgan fingerprint density at radius 3 is 2.53 bits per heavy atom. The van der Waals surface area contributed by atoms with Gasteiger partial charge in [0, 0.05) is 37.8 Å². The van der Waals surface area contributed by atoms with Crippen molar-refractivity contribution in [2.45, 2.75) is 13.5 Å². The summed E-state index contributed by atoms with van der Waals surface area (Å²) in [5.41, 5.74) is 2.01. The molecule has 0 heterocycles. The maximum atomic E-state index is 11.7. The third-order valence-electron chi connectivity index (χ3n) is 2.30. The van der Waals surface area contributed by atoms with E-state index in [0.29, 0.717) is 11.1 Å². The highest BCUT2D eigenvalue weighted by atomic mass is 16.5. The average Bonchev–Trinajstić information content (AvgIpc) is 2.35. The highest BCUT2D eigenvalue weighted by molar-refractivity contribution is 5.96. The Balaban J connectivity index is 3.01. The number of amides is 1. The first-order chi connectivity index (χ1) is 8.08. The van der Waals surface area contributed by atoms with Gasteiger partial charge in [0.2, 0.25) is 0 Å². The van der Waals surface area contributed by atoms with Crippen molar-refractivity contribution in [2.75, 3.05) is 19.4 Å². The fraction of sp³-hybridized carbons (Fsp3) is 0.333. The summed E-state index contributed by atoms with van der Waals surface area (Å²) >= 11 is 0. The molecule has 0 bridgehead atoms.